The highest BCUT2D eigenvalue weighted by molar-refractivity contribution is 5.78. The van der Waals surface area contributed by atoms with E-state index < -0.39 is 0 Å². The Bertz CT molecular complexity index is 385. The van der Waals surface area contributed by atoms with Crippen LogP contribution in [-0.4, -0.2) is 0 Å². The molecule has 0 fully saturated rings. The minimum atomic E-state index is 0.977. The van der Waals surface area contributed by atoms with E-state index >= 15 is 0 Å². The van der Waals surface area contributed by atoms with Gasteiger partial charge in [0.05, 0.1) is 0 Å². The van der Waals surface area contributed by atoms with E-state index in [-0.39, 0.29) is 0 Å². The van der Waals surface area contributed by atoms with Crippen molar-refractivity contribution in [3.63, 3.8) is 0 Å². The lowest BCUT2D eigenvalue weighted by Crippen LogP contribution is -1.67. The maximum Gasteiger partial charge on any atom is 0.134 e. The Morgan fingerprint density at radius 3 is 2.07 bits per heavy atom. The van der Waals surface area contributed by atoms with E-state index in [1.165, 1.54) is 10.9 Å². The summed E-state index contributed by atoms with van der Waals surface area (Å²) in [6.45, 7) is 12.1. The van der Waals surface area contributed by atoms with Crippen LogP contribution in [-0.2, 0) is 0 Å². The molecule has 0 spiro atoms. The molecule has 0 bridgehead atoms. The lowest BCUT2D eigenvalue weighted by atomic mass is 10.2. The molecular formula is C14H22O. The van der Waals surface area contributed by atoms with E-state index in [2.05, 4.69) is 25.1 Å². The molecule has 84 valence electrons. The van der Waals surface area contributed by atoms with Gasteiger partial charge in [-0.15, -0.1) is 0 Å². The first-order chi connectivity index (χ1) is 7.25. The normalized spacial score (nSPS) is 8.67. The molecule has 0 aliphatic rings. The van der Waals surface area contributed by atoms with Crippen molar-refractivity contribution in [1.29, 1.82) is 0 Å². The fourth-order valence-corrected chi connectivity index (χ4v) is 1.30. The molecule has 0 atom stereocenters. The molecule has 1 nitrogen and oxygen atoms in total. The van der Waals surface area contributed by atoms with Gasteiger partial charge in [0.1, 0.15) is 11.3 Å². The summed E-state index contributed by atoms with van der Waals surface area (Å²) < 4.78 is 5.42. The molecule has 15 heavy (non-hydrogen) atoms. The predicted octanol–water partition coefficient (Wildman–Crippen LogP) is 5.10. The molecule has 0 saturated carbocycles. The van der Waals surface area contributed by atoms with Gasteiger partial charge in [0, 0.05) is 5.39 Å². The predicted molar refractivity (Wildman–Crippen MR) is 68.4 cm³/mol. The Morgan fingerprint density at radius 1 is 0.867 bits per heavy atom. The summed E-state index contributed by atoms with van der Waals surface area (Å²) in [5.41, 5.74) is 2.26. The van der Waals surface area contributed by atoms with E-state index in [1.54, 1.807) is 0 Å². The number of hydrogen-bond acceptors (Lipinski definition) is 1. The summed E-state index contributed by atoms with van der Waals surface area (Å²) in [6.07, 6.45) is 0. The minimum absolute atomic E-state index is 0.977. The Hall–Kier alpha value is -1.24. The number of rotatable bonds is 0. The maximum atomic E-state index is 5.42. The zero-order chi connectivity index (χ0) is 11.8. The van der Waals surface area contributed by atoms with Gasteiger partial charge in [0.25, 0.3) is 0 Å². The van der Waals surface area contributed by atoms with Crippen LogP contribution in [0.5, 0.6) is 0 Å². The standard InChI is InChI=1S/C10H10O.2C2H6/c1-7-3-4-10-9(5-7)6-8(2)11-10;2*1-2/h3-6H,1-2H3;2*1-2H3. The third-order valence-corrected chi connectivity index (χ3v) is 1.80. The number of hydrogen-bond donors (Lipinski definition) is 0. The molecule has 0 aliphatic carbocycles. The summed E-state index contributed by atoms with van der Waals surface area (Å²) in [7, 11) is 0. The number of fused-ring (bicyclic) bond motifs is 1. The average Bonchev–Trinajstić information content (AvgIpc) is 2.63. The van der Waals surface area contributed by atoms with Gasteiger partial charge in [-0.3, -0.25) is 0 Å². The SMILES string of the molecule is CC.CC.Cc1ccc2oc(C)cc2c1. The molecule has 0 radical (unpaired) electrons. The van der Waals surface area contributed by atoms with Crippen molar-refractivity contribution in [3.8, 4) is 0 Å². The summed E-state index contributed by atoms with van der Waals surface area (Å²) in [4.78, 5) is 0. The second-order valence-corrected chi connectivity index (χ2v) is 2.90. The van der Waals surface area contributed by atoms with Crippen molar-refractivity contribution in [2.45, 2.75) is 41.5 Å². The van der Waals surface area contributed by atoms with Gasteiger partial charge in [-0.1, -0.05) is 39.3 Å². The van der Waals surface area contributed by atoms with Crippen LogP contribution in [0, 0.1) is 13.8 Å². The van der Waals surface area contributed by atoms with E-state index in [9.17, 15) is 0 Å². The van der Waals surface area contributed by atoms with Gasteiger partial charge < -0.3 is 4.42 Å². The van der Waals surface area contributed by atoms with Crippen LogP contribution in [0.4, 0.5) is 0 Å². The van der Waals surface area contributed by atoms with Gasteiger partial charge in [0.15, 0.2) is 0 Å². The van der Waals surface area contributed by atoms with E-state index in [0.717, 1.165) is 11.3 Å². The van der Waals surface area contributed by atoms with Crippen LogP contribution in [0.25, 0.3) is 11.0 Å². The Labute approximate surface area is 93.1 Å². The zero-order valence-electron chi connectivity index (χ0n) is 10.7. The average molecular weight is 206 g/mol. The molecule has 1 heterocycles. The molecular weight excluding hydrogens is 184 g/mol. The molecule has 2 rings (SSSR count). The lowest BCUT2D eigenvalue weighted by Gasteiger charge is -1.89. The quantitative estimate of drug-likeness (QED) is 0.584. The van der Waals surface area contributed by atoms with Crippen LogP contribution < -0.4 is 0 Å². The highest BCUT2D eigenvalue weighted by atomic mass is 16.3. The fourth-order valence-electron chi connectivity index (χ4n) is 1.30. The number of furan rings is 1. The smallest absolute Gasteiger partial charge is 0.134 e. The molecule has 0 N–H and O–H groups in total. The summed E-state index contributed by atoms with van der Waals surface area (Å²) in [5, 5.41) is 1.20. The Balaban J connectivity index is 0.000000442. The van der Waals surface area contributed by atoms with E-state index in [0.29, 0.717) is 0 Å². The molecule has 2 aromatic rings. The molecule has 0 unspecified atom stereocenters. The van der Waals surface area contributed by atoms with Crippen molar-refractivity contribution in [2.75, 3.05) is 0 Å². The minimum Gasteiger partial charge on any atom is -0.461 e. The van der Waals surface area contributed by atoms with Crippen LogP contribution in [0.3, 0.4) is 0 Å². The van der Waals surface area contributed by atoms with Crippen molar-refractivity contribution in [3.05, 3.63) is 35.6 Å². The van der Waals surface area contributed by atoms with Crippen LogP contribution in [0.1, 0.15) is 39.0 Å². The van der Waals surface area contributed by atoms with E-state index in [4.69, 9.17) is 4.42 Å². The topological polar surface area (TPSA) is 13.1 Å². The van der Waals surface area contributed by atoms with Crippen molar-refractivity contribution < 1.29 is 4.42 Å². The van der Waals surface area contributed by atoms with Crippen molar-refractivity contribution in [2.24, 2.45) is 0 Å². The first kappa shape index (κ1) is 13.8. The Morgan fingerprint density at radius 2 is 1.47 bits per heavy atom. The first-order valence-electron chi connectivity index (χ1n) is 5.72. The number of benzene rings is 1. The van der Waals surface area contributed by atoms with Crippen molar-refractivity contribution >= 4 is 11.0 Å². The largest absolute Gasteiger partial charge is 0.461 e. The second kappa shape index (κ2) is 7.10. The van der Waals surface area contributed by atoms with E-state index in [1.807, 2.05) is 40.7 Å². The summed E-state index contributed by atoms with van der Waals surface area (Å²) in [6, 6.07) is 8.26. The zero-order valence-corrected chi connectivity index (χ0v) is 10.7. The molecule has 0 aliphatic heterocycles. The lowest BCUT2D eigenvalue weighted by molar-refractivity contribution is 0.578. The summed E-state index contributed by atoms with van der Waals surface area (Å²) in [5.74, 6) is 0.977. The Kier molecular flexibility index (Phi) is 6.52. The molecule has 0 amide bonds. The van der Waals surface area contributed by atoms with Gasteiger partial charge in [0.2, 0.25) is 0 Å². The van der Waals surface area contributed by atoms with Crippen LogP contribution in [0.15, 0.2) is 28.7 Å². The van der Waals surface area contributed by atoms with Gasteiger partial charge in [-0.25, -0.2) is 0 Å². The fraction of sp³-hybridized carbons (Fsp3) is 0.429. The highest BCUT2D eigenvalue weighted by Crippen LogP contribution is 2.19. The molecule has 0 saturated heterocycles. The van der Waals surface area contributed by atoms with Gasteiger partial charge >= 0.3 is 0 Å². The molecule has 1 aromatic heterocycles. The first-order valence-corrected chi connectivity index (χ1v) is 5.72. The summed E-state index contributed by atoms with van der Waals surface area (Å²) >= 11 is 0. The van der Waals surface area contributed by atoms with Crippen LogP contribution in [0.2, 0.25) is 0 Å². The monoisotopic (exact) mass is 206 g/mol. The highest BCUT2D eigenvalue weighted by Gasteiger charge is 1.97. The number of aryl methyl sites for hydroxylation is 2. The van der Waals surface area contributed by atoms with Gasteiger partial charge in [-0.2, -0.15) is 0 Å². The van der Waals surface area contributed by atoms with Crippen LogP contribution >= 0.6 is 0 Å². The third kappa shape index (κ3) is 3.78. The molecule has 1 aromatic carbocycles. The second-order valence-electron chi connectivity index (χ2n) is 2.90. The van der Waals surface area contributed by atoms with Crippen molar-refractivity contribution in [1.82, 2.24) is 0 Å². The third-order valence-electron chi connectivity index (χ3n) is 1.80. The molecule has 1 heteroatoms. The maximum absolute atomic E-state index is 5.42. The van der Waals surface area contributed by atoms with Gasteiger partial charge in [-0.05, 0) is 32.0 Å².